The first-order valence-corrected chi connectivity index (χ1v) is 6.52. The summed E-state index contributed by atoms with van der Waals surface area (Å²) in [7, 11) is 0. The van der Waals surface area contributed by atoms with Crippen LogP contribution in [0, 0.1) is 29.6 Å². The van der Waals surface area contributed by atoms with E-state index in [1.807, 2.05) is 0 Å². The van der Waals surface area contributed by atoms with E-state index in [0.29, 0.717) is 5.92 Å². The Morgan fingerprint density at radius 2 is 1.60 bits per heavy atom. The Kier molecular flexibility index (Phi) is 2.26. The molecule has 0 spiro atoms. The summed E-state index contributed by atoms with van der Waals surface area (Å²) in [4.78, 5) is 0. The van der Waals surface area contributed by atoms with Crippen molar-refractivity contribution in [3.05, 3.63) is 0 Å². The van der Waals surface area contributed by atoms with Crippen LogP contribution in [0.3, 0.4) is 0 Å². The largest absolute Gasteiger partial charge is 0.411 e. The fraction of sp³-hybridized carbons (Fsp3) is 0.923. The molecular formula is C13H21NO. The minimum Gasteiger partial charge on any atom is -0.411 e. The monoisotopic (exact) mass is 207 g/mol. The van der Waals surface area contributed by atoms with E-state index >= 15 is 0 Å². The molecule has 1 N–H and O–H groups in total. The third-order valence-electron chi connectivity index (χ3n) is 5.10. The van der Waals surface area contributed by atoms with Gasteiger partial charge in [0.15, 0.2) is 0 Å². The van der Waals surface area contributed by atoms with E-state index in [1.165, 1.54) is 32.1 Å². The summed E-state index contributed by atoms with van der Waals surface area (Å²) in [5.74, 6) is 4.37. The van der Waals surface area contributed by atoms with Gasteiger partial charge in [0.05, 0.1) is 5.71 Å². The second-order valence-electron chi connectivity index (χ2n) is 5.90. The quantitative estimate of drug-likeness (QED) is 0.420. The van der Waals surface area contributed by atoms with Crippen molar-refractivity contribution in [2.24, 2.45) is 34.7 Å². The van der Waals surface area contributed by atoms with Gasteiger partial charge in [-0.15, -0.1) is 0 Å². The van der Waals surface area contributed by atoms with E-state index < -0.39 is 0 Å². The van der Waals surface area contributed by atoms with Crippen LogP contribution in [0.25, 0.3) is 0 Å². The molecule has 15 heavy (non-hydrogen) atoms. The Morgan fingerprint density at radius 3 is 2.00 bits per heavy atom. The minimum atomic E-state index is 0.632. The highest BCUT2D eigenvalue weighted by Gasteiger charge is 2.49. The van der Waals surface area contributed by atoms with Crippen molar-refractivity contribution in [3.8, 4) is 0 Å². The van der Waals surface area contributed by atoms with Crippen LogP contribution in [-0.4, -0.2) is 10.9 Å². The first kappa shape index (κ1) is 9.68. The molecule has 0 saturated heterocycles. The highest BCUT2D eigenvalue weighted by atomic mass is 16.4. The van der Waals surface area contributed by atoms with E-state index in [2.05, 4.69) is 12.1 Å². The lowest BCUT2D eigenvalue weighted by molar-refractivity contribution is -0.00988. The highest BCUT2D eigenvalue weighted by molar-refractivity contribution is 5.86. The van der Waals surface area contributed by atoms with Gasteiger partial charge >= 0.3 is 0 Å². The van der Waals surface area contributed by atoms with E-state index in [1.54, 1.807) is 0 Å². The lowest BCUT2D eigenvalue weighted by Gasteiger charge is -2.54. The topological polar surface area (TPSA) is 32.6 Å². The maximum absolute atomic E-state index is 9.10. The molecule has 4 aliphatic rings. The number of oxime groups is 1. The highest BCUT2D eigenvalue weighted by Crippen LogP contribution is 2.56. The fourth-order valence-corrected chi connectivity index (χ4v) is 4.84. The molecule has 4 fully saturated rings. The molecule has 2 nitrogen and oxygen atoms in total. The zero-order valence-corrected chi connectivity index (χ0v) is 9.52. The maximum Gasteiger partial charge on any atom is 0.0604 e. The maximum atomic E-state index is 9.10. The van der Waals surface area contributed by atoms with Crippen molar-refractivity contribution < 1.29 is 5.21 Å². The number of hydrogen-bond acceptors (Lipinski definition) is 2. The fourth-order valence-electron chi connectivity index (χ4n) is 4.84. The van der Waals surface area contributed by atoms with Gasteiger partial charge in [0.1, 0.15) is 0 Å². The molecule has 4 saturated carbocycles. The molecule has 4 bridgehead atoms. The van der Waals surface area contributed by atoms with Crippen LogP contribution in [0.4, 0.5) is 0 Å². The molecule has 0 amide bonds. The van der Waals surface area contributed by atoms with Gasteiger partial charge in [0.2, 0.25) is 0 Å². The van der Waals surface area contributed by atoms with Gasteiger partial charge in [-0.3, -0.25) is 0 Å². The summed E-state index contributed by atoms with van der Waals surface area (Å²) >= 11 is 0. The zero-order chi connectivity index (χ0) is 10.4. The molecule has 0 aromatic carbocycles. The summed E-state index contributed by atoms with van der Waals surface area (Å²) in [5, 5.41) is 12.7. The normalized spacial score (nSPS) is 48.6. The van der Waals surface area contributed by atoms with Gasteiger partial charge in [-0.1, -0.05) is 12.1 Å². The molecule has 2 heteroatoms. The first-order valence-electron chi connectivity index (χ1n) is 6.52. The van der Waals surface area contributed by atoms with Crippen LogP contribution < -0.4 is 0 Å². The number of hydrogen-bond donors (Lipinski definition) is 1. The number of rotatable bonds is 2. The molecule has 0 unspecified atom stereocenters. The molecule has 0 radical (unpaired) electrons. The molecule has 0 aromatic heterocycles. The predicted molar refractivity (Wildman–Crippen MR) is 60.0 cm³/mol. The second kappa shape index (κ2) is 3.50. The molecule has 4 aliphatic carbocycles. The van der Waals surface area contributed by atoms with E-state index in [9.17, 15) is 0 Å². The van der Waals surface area contributed by atoms with Crippen molar-refractivity contribution in [1.82, 2.24) is 0 Å². The van der Waals surface area contributed by atoms with Crippen LogP contribution in [0.15, 0.2) is 5.16 Å². The molecule has 4 rings (SSSR count). The molecule has 84 valence electrons. The van der Waals surface area contributed by atoms with Crippen LogP contribution in [0.1, 0.15) is 45.4 Å². The van der Waals surface area contributed by atoms with Gasteiger partial charge in [0.25, 0.3) is 0 Å². The summed E-state index contributed by atoms with van der Waals surface area (Å²) in [6.07, 6.45) is 8.09. The van der Waals surface area contributed by atoms with Crippen molar-refractivity contribution in [2.75, 3.05) is 0 Å². The van der Waals surface area contributed by atoms with Crippen LogP contribution in [0.5, 0.6) is 0 Å². The second-order valence-corrected chi connectivity index (χ2v) is 5.90. The summed E-state index contributed by atoms with van der Waals surface area (Å²) in [6, 6.07) is 0. The van der Waals surface area contributed by atoms with Gasteiger partial charge in [-0.05, 0) is 62.2 Å². The summed E-state index contributed by atoms with van der Waals surface area (Å²) in [5.41, 5.74) is 1.09. The van der Waals surface area contributed by atoms with Crippen molar-refractivity contribution in [3.63, 3.8) is 0 Å². The molecule has 0 atom stereocenters. The summed E-state index contributed by atoms with van der Waals surface area (Å²) < 4.78 is 0. The lowest BCUT2D eigenvalue weighted by Crippen LogP contribution is -2.47. The predicted octanol–water partition coefficient (Wildman–Crippen LogP) is 3.30. The van der Waals surface area contributed by atoms with E-state index in [0.717, 1.165) is 35.8 Å². The minimum absolute atomic E-state index is 0.632. The van der Waals surface area contributed by atoms with Crippen LogP contribution >= 0.6 is 0 Å². The van der Waals surface area contributed by atoms with Gasteiger partial charge in [0, 0.05) is 5.92 Å². The van der Waals surface area contributed by atoms with Crippen LogP contribution in [-0.2, 0) is 0 Å². The summed E-state index contributed by atoms with van der Waals surface area (Å²) in [6.45, 7) is 2.13. The third-order valence-corrected chi connectivity index (χ3v) is 5.10. The SMILES string of the molecule is CC/C(=N/O)C1C2CC3CC(C2)CC1C3. The Labute approximate surface area is 91.7 Å². The lowest BCUT2D eigenvalue weighted by atomic mass is 9.51. The van der Waals surface area contributed by atoms with E-state index in [4.69, 9.17) is 5.21 Å². The molecule has 0 heterocycles. The average molecular weight is 207 g/mol. The standard InChI is InChI=1S/C13H21NO/c1-2-12(14-15)13-10-4-8-3-9(6-10)7-11(13)5-8/h8-11,13,15H,2-7H2,1H3/b14-12-. The van der Waals surface area contributed by atoms with Crippen LogP contribution in [0.2, 0.25) is 0 Å². The van der Waals surface area contributed by atoms with Crippen molar-refractivity contribution in [1.29, 1.82) is 0 Å². The van der Waals surface area contributed by atoms with Gasteiger partial charge in [-0.25, -0.2) is 0 Å². The van der Waals surface area contributed by atoms with Crippen molar-refractivity contribution in [2.45, 2.75) is 45.4 Å². The smallest absolute Gasteiger partial charge is 0.0604 e. The average Bonchev–Trinajstić information content (AvgIpc) is 2.22. The third kappa shape index (κ3) is 1.41. The van der Waals surface area contributed by atoms with Gasteiger partial charge < -0.3 is 5.21 Å². The Bertz CT molecular complexity index is 256. The molecule has 0 aliphatic heterocycles. The van der Waals surface area contributed by atoms with E-state index in [-0.39, 0.29) is 0 Å². The molecule has 0 aromatic rings. The Hall–Kier alpha value is -0.530. The molecular weight excluding hydrogens is 186 g/mol. The Morgan fingerprint density at radius 1 is 1.07 bits per heavy atom. The number of nitrogens with zero attached hydrogens (tertiary/aromatic N) is 1. The Balaban J connectivity index is 1.85. The van der Waals surface area contributed by atoms with Gasteiger partial charge in [-0.2, -0.15) is 0 Å². The zero-order valence-electron chi connectivity index (χ0n) is 9.52. The first-order chi connectivity index (χ1) is 7.31. The van der Waals surface area contributed by atoms with Crippen molar-refractivity contribution >= 4 is 5.71 Å².